The van der Waals surface area contributed by atoms with Gasteiger partial charge in [-0.25, -0.2) is 0 Å². The van der Waals surface area contributed by atoms with Crippen LogP contribution in [0, 0.1) is 11.3 Å². The van der Waals surface area contributed by atoms with E-state index < -0.39 is 0 Å². The van der Waals surface area contributed by atoms with Crippen molar-refractivity contribution in [1.29, 1.82) is 5.26 Å². The van der Waals surface area contributed by atoms with E-state index >= 15 is 0 Å². The summed E-state index contributed by atoms with van der Waals surface area (Å²) in [5.41, 5.74) is 1.36. The third kappa shape index (κ3) is 1.85. The number of thioether (sulfide) groups is 1. The van der Waals surface area contributed by atoms with Crippen LogP contribution in [0.2, 0.25) is 0 Å². The standard InChI is InChI=1S/C11H11NOS/c12-6-7-13-10-5-1-3-9-4-2-8-14-11(9)10/h1,3,5H,2,4,7-8H2. The number of hydrogen-bond donors (Lipinski definition) is 0. The molecule has 0 aromatic heterocycles. The zero-order valence-corrected chi connectivity index (χ0v) is 8.64. The molecule has 1 aromatic rings. The zero-order chi connectivity index (χ0) is 9.80. The summed E-state index contributed by atoms with van der Waals surface area (Å²) in [6.45, 7) is 0.136. The molecule has 0 fully saturated rings. The lowest BCUT2D eigenvalue weighted by Crippen LogP contribution is -2.02. The Balaban J connectivity index is 2.27. The first-order chi connectivity index (χ1) is 6.92. The fourth-order valence-electron chi connectivity index (χ4n) is 1.58. The molecule has 72 valence electrons. The molecule has 2 rings (SSSR count). The Morgan fingerprint density at radius 3 is 3.29 bits per heavy atom. The molecule has 0 amide bonds. The minimum absolute atomic E-state index is 0.136. The van der Waals surface area contributed by atoms with Gasteiger partial charge in [-0.2, -0.15) is 5.26 Å². The van der Waals surface area contributed by atoms with Crippen molar-refractivity contribution in [2.24, 2.45) is 0 Å². The Labute approximate surface area is 87.9 Å². The lowest BCUT2D eigenvalue weighted by atomic mass is 10.1. The van der Waals surface area contributed by atoms with Crippen LogP contribution in [0.3, 0.4) is 0 Å². The number of hydrogen-bond acceptors (Lipinski definition) is 3. The molecular formula is C11H11NOS. The molecule has 2 nitrogen and oxygen atoms in total. The van der Waals surface area contributed by atoms with E-state index in [1.165, 1.54) is 16.9 Å². The van der Waals surface area contributed by atoms with Crippen molar-refractivity contribution in [3.8, 4) is 11.8 Å². The maximum absolute atomic E-state index is 8.45. The summed E-state index contributed by atoms with van der Waals surface area (Å²) in [6.07, 6.45) is 2.37. The molecule has 1 heterocycles. The minimum atomic E-state index is 0.136. The van der Waals surface area contributed by atoms with Crippen LogP contribution in [0.1, 0.15) is 12.0 Å². The van der Waals surface area contributed by atoms with E-state index in [1.807, 2.05) is 30.0 Å². The number of ether oxygens (including phenoxy) is 1. The summed E-state index contributed by atoms with van der Waals surface area (Å²) >= 11 is 1.83. The van der Waals surface area contributed by atoms with Crippen LogP contribution >= 0.6 is 11.8 Å². The van der Waals surface area contributed by atoms with Crippen molar-refractivity contribution < 1.29 is 4.74 Å². The summed E-state index contributed by atoms with van der Waals surface area (Å²) in [5.74, 6) is 2.02. The van der Waals surface area contributed by atoms with Gasteiger partial charge in [0.1, 0.15) is 11.8 Å². The van der Waals surface area contributed by atoms with Gasteiger partial charge in [-0.1, -0.05) is 12.1 Å². The van der Waals surface area contributed by atoms with Gasteiger partial charge in [0.2, 0.25) is 0 Å². The molecule has 3 heteroatoms. The highest BCUT2D eigenvalue weighted by molar-refractivity contribution is 7.99. The van der Waals surface area contributed by atoms with Crippen molar-refractivity contribution in [1.82, 2.24) is 0 Å². The summed E-state index contributed by atoms with van der Waals surface area (Å²) < 4.78 is 5.37. The van der Waals surface area contributed by atoms with E-state index in [0.29, 0.717) is 0 Å². The first kappa shape index (κ1) is 9.42. The first-order valence-electron chi connectivity index (χ1n) is 4.66. The quantitative estimate of drug-likeness (QED) is 0.744. The second-order valence-corrected chi connectivity index (χ2v) is 4.25. The van der Waals surface area contributed by atoms with Crippen LogP contribution in [-0.2, 0) is 6.42 Å². The minimum Gasteiger partial charge on any atom is -0.478 e. The SMILES string of the molecule is N#CCOc1cccc2c1SCCC2. The number of aryl methyl sites for hydroxylation is 1. The van der Waals surface area contributed by atoms with Gasteiger partial charge in [-0.3, -0.25) is 0 Å². The van der Waals surface area contributed by atoms with Crippen LogP contribution in [0.4, 0.5) is 0 Å². The molecule has 0 radical (unpaired) electrons. The van der Waals surface area contributed by atoms with Gasteiger partial charge in [-0.05, 0) is 30.2 Å². The van der Waals surface area contributed by atoms with Crippen LogP contribution < -0.4 is 4.74 Å². The number of nitriles is 1. The smallest absolute Gasteiger partial charge is 0.174 e. The Morgan fingerprint density at radius 1 is 1.50 bits per heavy atom. The Hall–Kier alpha value is -1.14. The molecule has 0 unspecified atom stereocenters. The Morgan fingerprint density at radius 2 is 2.43 bits per heavy atom. The van der Waals surface area contributed by atoms with Crippen LogP contribution in [0.25, 0.3) is 0 Å². The lowest BCUT2D eigenvalue weighted by Gasteiger charge is -2.17. The molecule has 14 heavy (non-hydrogen) atoms. The van der Waals surface area contributed by atoms with Crippen molar-refractivity contribution in [3.05, 3.63) is 23.8 Å². The second kappa shape index (κ2) is 4.39. The molecule has 0 aliphatic carbocycles. The van der Waals surface area contributed by atoms with Crippen molar-refractivity contribution in [2.75, 3.05) is 12.4 Å². The van der Waals surface area contributed by atoms with E-state index in [2.05, 4.69) is 6.07 Å². The van der Waals surface area contributed by atoms with Gasteiger partial charge in [-0.15, -0.1) is 11.8 Å². The summed E-state index contributed by atoms with van der Waals surface area (Å²) in [7, 11) is 0. The monoisotopic (exact) mass is 205 g/mol. The van der Waals surface area contributed by atoms with Gasteiger partial charge >= 0.3 is 0 Å². The Bertz CT molecular complexity index is 370. The van der Waals surface area contributed by atoms with E-state index in [1.54, 1.807) is 0 Å². The highest BCUT2D eigenvalue weighted by atomic mass is 32.2. The summed E-state index contributed by atoms with van der Waals surface area (Å²) in [4.78, 5) is 1.23. The molecule has 0 saturated carbocycles. The fourth-order valence-corrected chi connectivity index (χ4v) is 2.70. The van der Waals surface area contributed by atoms with E-state index in [4.69, 9.17) is 10.00 Å². The Kier molecular flexibility index (Phi) is 2.95. The lowest BCUT2D eigenvalue weighted by molar-refractivity contribution is 0.358. The van der Waals surface area contributed by atoms with Crippen LogP contribution in [0.5, 0.6) is 5.75 Å². The van der Waals surface area contributed by atoms with Crippen molar-refractivity contribution in [2.45, 2.75) is 17.7 Å². The number of fused-ring (bicyclic) bond motifs is 1. The zero-order valence-electron chi connectivity index (χ0n) is 7.82. The number of benzene rings is 1. The van der Waals surface area contributed by atoms with E-state index in [-0.39, 0.29) is 6.61 Å². The molecule has 0 bridgehead atoms. The maximum Gasteiger partial charge on any atom is 0.174 e. The van der Waals surface area contributed by atoms with Gasteiger partial charge in [0.25, 0.3) is 0 Å². The molecule has 0 atom stereocenters. The summed E-state index contributed by atoms with van der Waals surface area (Å²) in [5, 5.41) is 8.45. The highest BCUT2D eigenvalue weighted by Gasteiger charge is 2.13. The highest BCUT2D eigenvalue weighted by Crippen LogP contribution is 2.37. The van der Waals surface area contributed by atoms with Gasteiger partial charge in [0, 0.05) is 0 Å². The topological polar surface area (TPSA) is 33.0 Å². The van der Waals surface area contributed by atoms with E-state index in [0.717, 1.165) is 17.9 Å². The predicted octanol–water partition coefficient (Wildman–Crippen LogP) is 2.63. The molecule has 1 aliphatic heterocycles. The van der Waals surface area contributed by atoms with Gasteiger partial charge < -0.3 is 4.74 Å². The van der Waals surface area contributed by atoms with Crippen LogP contribution in [-0.4, -0.2) is 12.4 Å². The van der Waals surface area contributed by atoms with E-state index in [9.17, 15) is 0 Å². The normalized spacial score (nSPS) is 14.2. The second-order valence-electron chi connectivity index (χ2n) is 3.14. The molecule has 0 saturated heterocycles. The summed E-state index contributed by atoms with van der Waals surface area (Å²) in [6, 6.07) is 8.07. The third-order valence-electron chi connectivity index (χ3n) is 2.19. The molecule has 0 N–H and O–H groups in total. The molecule has 1 aromatic carbocycles. The average Bonchev–Trinajstić information content (AvgIpc) is 2.26. The van der Waals surface area contributed by atoms with Gasteiger partial charge in [0.05, 0.1) is 4.90 Å². The molecule has 0 spiro atoms. The molecule has 1 aliphatic rings. The largest absolute Gasteiger partial charge is 0.478 e. The maximum atomic E-state index is 8.45. The molecular weight excluding hydrogens is 194 g/mol. The fraction of sp³-hybridized carbons (Fsp3) is 0.364. The van der Waals surface area contributed by atoms with Crippen molar-refractivity contribution >= 4 is 11.8 Å². The average molecular weight is 205 g/mol. The van der Waals surface area contributed by atoms with Gasteiger partial charge in [0.15, 0.2) is 6.61 Å². The predicted molar refractivity (Wildman–Crippen MR) is 56.6 cm³/mol. The third-order valence-corrected chi connectivity index (χ3v) is 3.43. The van der Waals surface area contributed by atoms with Crippen molar-refractivity contribution in [3.63, 3.8) is 0 Å². The number of rotatable bonds is 2. The number of nitrogens with zero attached hydrogens (tertiary/aromatic N) is 1. The first-order valence-corrected chi connectivity index (χ1v) is 5.65. The van der Waals surface area contributed by atoms with Crippen LogP contribution in [0.15, 0.2) is 23.1 Å².